The standard InChI is InChI=1S/C16H30N2/c1-12-7-13(2)9-15(8-12)17-10-14-5-6-18(11-14)16-3-4-16/h12-17H,3-11H2,1-2H3. The van der Waals surface area contributed by atoms with Crippen LogP contribution in [0.15, 0.2) is 0 Å². The van der Waals surface area contributed by atoms with Crippen molar-refractivity contribution >= 4 is 0 Å². The SMILES string of the molecule is CC1CC(C)CC(NCC2CCN(C3CC3)C2)C1. The summed E-state index contributed by atoms with van der Waals surface area (Å²) in [5.74, 6) is 2.79. The van der Waals surface area contributed by atoms with Gasteiger partial charge in [-0.1, -0.05) is 13.8 Å². The zero-order valence-electron chi connectivity index (χ0n) is 12.2. The molecule has 0 amide bonds. The highest BCUT2D eigenvalue weighted by molar-refractivity contribution is 4.90. The largest absolute Gasteiger partial charge is 0.314 e. The van der Waals surface area contributed by atoms with Crippen LogP contribution in [0.4, 0.5) is 0 Å². The normalized spacial score (nSPS) is 42.3. The topological polar surface area (TPSA) is 15.3 Å². The van der Waals surface area contributed by atoms with Crippen LogP contribution in [0.5, 0.6) is 0 Å². The number of likely N-dealkylation sites (tertiary alicyclic amines) is 1. The Balaban J connectivity index is 1.38. The lowest BCUT2D eigenvalue weighted by atomic mass is 9.80. The molecule has 2 heteroatoms. The van der Waals surface area contributed by atoms with Gasteiger partial charge < -0.3 is 10.2 Å². The zero-order valence-corrected chi connectivity index (χ0v) is 12.2. The summed E-state index contributed by atoms with van der Waals surface area (Å²) in [6, 6.07) is 1.78. The van der Waals surface area contributed by atoms with Gasteiger partial charge in [0.15, 0.2) is 0 Å². The van der Waals surface area contributed by atoms with Crippen LogP contribution in [0.2, 0.25) is 0 Å². The van der Waals surface area contributed by atoms with Crippen molar-refractivity contribution in [1.29, 1.82) is 0 Å². The van der Waals surface area contributed by atoms with Crippen LogP contribution in [0, 0.1) is 17.8 Å². The predicted molar refractivity (Wildman–Crippen MR) is 76.7 cm³/mol. The highest BCUT2D eigenvalue weighted by atomic mass is 15.2. The lowest BCUT2D eigenvalue weighted by Crippen LogP contribution is -2.39. The lowest BCUT2D eigenvalue weighted by Gasteiger charge is -2.32. The molecule has 1 heterocycles. The average Bonchev–Trinajstić information content (AvgIpc) is 3.05. The summed E-state index contributed by atoms with van der Waals surface area (Å²) in [5.41, 5.74) is 0. The molecule has 2 aliphatic carbocycles. The third-order valence-corrected chi connectivity index (χ3v) is 5.25. The van der Waals surface area contributed by atoms with Crippen LogP contribution >= 0.6 is 0 Å². The summed E-state index contributed by atoms with van der Waals surface area (Å²) in [4.78, 5) is 2.73. The van der Waals surface area contributed by atoms with Gasteiger partial charge in [-0.25, -0.2) is 0 Å². The maximum absolute atomic E-state index is 3.88. The van der Waals surface area contributed by atoms with Gasteiger partial charge in [-0.05, 0) is 69.4 Å². The Morgan fingerprint density at radius 1 is 1.00 bits per heavy atom. The highest BCUT2D eigenvalue weighted by Gasteiger charge is 2.34. The van der Waals surface area contributed by atoms with Crippen LogP contribution in [0.25, 0.3) is 0 Å². The first kappa shape index (κ1) is 12.9. The fourth-order valence-electron chi connectivity index (χ4n) is 4.25. The van der Waals surface area contributed by atoms with E-state index in [1.807, 2.05) is 0 Å². The van der Waals surface area contributed by atoms with E-state index in [9.17, 15) is 0 Å². The minimum absolute atomic E-state index is 0.804. The summed E-state index contributed by atoms with van der Waals surface area (Å²) in [5, 5.41) is 3.88. The Morgan fingerprint density at radius 3 is 2.39 bits per heavy atom. The molecule has 3 fully saturated rings. The second-order valence-electron chi connectivity index (χ2n) is 7.40. The van der Waals surface area contributed by atoms with Crippen LogP contribution in [-0.4, -0.2) is 36.6 Å². The smallest absolute Gasteiger partial charge is 0.00965 e. The van der Waals surface area contributed by atoms with Crippen LogP contribution in [-0.2, 0) is 0 Å². The average molecular weight is 250 g/mol. The molecule has 0 aromatic heterocycles. The predicted octanol–water partition coefficient (Wildman–Crippen LogP) is 2.89. The first-order valence-corrected chi connectivity index (χ1v) is 8.18. The summed E-state index contributed by atoms with van der Waals surface area (Å²) >= 11 is 0. The van der Waals surface area contributed by atoms with Crippen LogP contribution < -0.4 is 5.32 Å². The van der Waals surface area contributed by atoms with Gasteiger partial charge in [0.05, 0.1) is 0 Å². The summed E-state index contributed by atoms with van der Waals surface area (Å²) < 4.78 is 0. The lowest BCUT2D eigenvalue weighted by molar-refractivity contribution is 0.230. The molecule has 3 unspecified atom stereocenters. The first-order valence-electron chi connectivity index (χ1n) is 8.18. The molecule has 2 saturated carbocycles. The van der Waals surface area contributed by atoms with Crippen LogP contribution in [0.3, 0.4) is 0 Å². The maximum Gasteiger partial charge on any atom is 0.00965 e. The van der Waals surface area contributed by atoms with Gasteiger partial charge in [-0.15, -0.1) is 0 Å². The van der Waals surface area contributed by atoms with Crippen molar-refractivity contribution < 1.29 is 0 Å². The molecule has 0 aromatic rings. The molecule has 3 aliphatic rings. The molecule has 0 spiro atoms. The number of nitrogens with zero attached hydrogens (tertiary/aromatic N) is 1. The molecule has 18 heavy (non-hydrogen) atoms. The number of nitrogens with one attached hydrogen (secondary N) is 1. The zero-order chi connectivity index (χ0) is 12.5. The molecule has 0 bridgehead atoms. The quantitative estimate of drug-likeness (QED) is 0.825. The van der Waals surface area contributed by atoms with E-state index in [1.54, 1.807) is 0 Å². The van der Waals surface area contributed by atoms with Gasteiger partial charge in [0, 0.05) is 18.6 Å². The Bertz CT molecular complexity index is 264. The molecule has 3 rings (SSSR count). The van der Waals surface area contributed by atoms with E-state index in [0.29, 0.717) is 0 Å². The van der Waals surface area contributed by atoms with E-state index in [1.165, 1.54) is 58.2 Å². The van der Waals surface area contributed by atoms with E-state index in [4.69, 9.17) is 0 Å². The van der Waals surface area contributed by atoms with Crippen LogP contribution in [0.1, 0.15) is 52.4 Å². The van der Waals surface area contributed by atoms with E-state index in [2.05, 4.69) is 24.1 Å². The van der Waals surface area contributed by atoms with Gasteiger partial charge in [0.1, 0.15) is 0 Å². The fourth-order valence-corrected chi connectivity index (χ4v) is 4.25. The molecular formula is C16H30N2. The fraction of sp³-hybridized carbons (Fsp3) is 1.00. The van der Waals surface area contributed by atoms with Crippen molar-refractivity contribution in [3.63, 3.8) is 0 Å². The highest BCUT2D eigenvalue weighted by Crippen LogP contribution is 2.32. The second-order valence-corrected chi connectivity index (χ2v) is 7.40. The number of hydrogen-bond donors (Lipinski definition) is 1. The minimum Gasteiger partial charge on any atom is -0.314 e. The van der Waals surface area contributed by atoms with E-state index in [0.717, 1.165) is 29.8 Å². The second kappa shape index (κ2) is 5.50. The molecule has 3 atom stereocenters. The van der Waals surface area contributed by atoms with E-state index >= 15 is 0 Å². The first-order chi connectivity index (χ1) is 8.70. The molecule has 104 valence electrons. The molecule has 1 saturated heterocycles. The third kappa shape index (κ3) is 3.27. The molecular weight excluding hydrogens is 220 g/mol. The summed E-state index contributed by atoms with van der Waals surface area (Å²) in [6.07, 6.45) is 8.63. The number of hydrogen-bond acceptors (Lipinski definition) is 2. The summed E-state index contributed by atoms with van der Waals surface area (Å²) in [6.45, 7) is 8.86. The summed E-state index contributed by atoms with van der Waals surface area (Å²) in [7, 11) is 0. The van der Waals surface area contributed by atoms with Crippen molar-refractivity contribution in [2.75, 3.05) is 19.6 Å². The minimum atomic E-state index is 0.804. The molecule has 1 aliphatic heterocycles. The molecule has 0 radical (unpaired) electrons. The van der Waals surface area contributed by atoms with Crippen molar-refractivity contribution in [3.8, 4) is 0 Å². The Kier molecular flexibility index (Phi) is 3.95. The van der Waals surface area contributed by atoms with Crippen molar-refractivity contribution in [2.45, 2.75) is 64.5 Å². The van der Waals surface area contributed by atoms with Crippen molar-refractivity contribution in [1.82, 2.24) is 10.2 Å². The van der Waals surface area contributed by atoms with Gasteiger partial charge in [-0.2, -0.15) is 0 Å². The van der Waals surface area contributed by atoms with Crippen molar-refractivity contribution in [3.05, 3.63) is 0 Å². The van der Waals surface area contributed by atoms with Gasteiger partial charge >= 0.3 is 0 Å². The van der Waals surface area contributed by atoms with Gasteiger partial charge in [0.2, 0.25) is 0 Å². The Labute approximate surface area is 113 Å². The van der Waals surface area contributed by atoms with E-state index in [-0.39, 0.29) is 0 Å². The van der Waals surface area contributed by atoms with E-state index < -0.39 is 0 Å². The monoisotopic (exact) mass is 250 g/mol. The number of rotatable bonds is 4. The maximum atomic E-state index is 3.88. The third-order valence-electron chi connectivity index (χ3n) is 5.25. The molecule has 0 aromatic carbocycles. The molecule has 2 nitrogen and oxygen atoms in total. The Morgan fingerprint density at radius 2 is 1.72 bits per heavy atom. The van der Waals surface area contributed by atoms with Crippen molar-refractivity contribution in [2.24, 2.45) is 17.8 Å². The Hall–Kier alpha value is -0.0800. The van der Waals surface area contributed by atoms with Gasteiger partial charge in [-0.3, -0.25) is 0 Å². The molecule has 1 N–H and O–H groups in total. The van der Waals surface area contributed by atoms with Gasteiger partial charge in [0.25, 0.3) is 0 Å².